The third-order valence-electron chi connectivity index (χ3n) is 4.26. The van der Waals surface area contributed by atoms with Crippen molar-refractivity contribution in [3.8, 4) is 0 Å². The van der Waals surface area contributed by atoms with Crippen LogP contribution in [0, 0.1) is 5.82 Å². The van der Waals surface area contributed by atoms with Crippen molar-refractivity contribution < 1.29 is 23.6 Å². The van der Waals surface area contributed by atoms with Gasteiger partial charge in [0, 0.05) is 5.56 Å². The lowest BCUT2D eigenvalue weighted by atomic mass is 9.77. The summed E-state index contributed by atoms with van der Waals surface area (Å²) in [6.07, 6.45) is 2.18. The summed E-state index contributed by atoms with van der Waals surface area (Å²) in [5, 5.41) is 9.62. The molecule has 1 saturated heterocycles. The minimum absolute atomic E-state index is 0.211. The van der Waals surface area contributed by atoms with Crippen LogP contribution >= 0.6 is 0 Å². The van der Waals surface area contributed by atoms with Gasteiger partial charge in [-0.3, -0.25) is 4.79 Å². The van der Waals surface area contributed by atoms with E-state index >= 15 is 0 Å². The van der Waals surface area contributed by atoms with E-state index in [-0.39, 0.29) is 12.2 Å². The van der Waals surface area contributed by atoms with Gasteiger partial charge in [-0.15, -0.1) is 0 Å². The zero-order valence-corrected chi connectivity index (χ0v) is 13.2. The second-order valence-electron chi connectivity index (χ2n) is 6.36. The minimum atomic E-state index is -0.709. The van der Waals surface area contributed by atoms with E-state index in [1.54, 1.807) is 6.08 Å². The Labute approximate surface area is 130 Å². The fourth-order valence-corrected chi connectivity index (χ4v) is 2.16. The Kier molecular flexibility index (Phi) is 4.56. The van der Waals surface area contributed by atoms with E-state index in [2.05, 4.69) is 0 Å². The molecule has 0 aliphatic carbocycles. The van der Waals surface area contributed by atoms with Crippen molar-refractivity contribution in [2.45, 2.75) is 38.9 Å². The van der Waals surface area contributed by atoms with Crippen molar-refractivity contribution >= 4 is 19.5 Å². The summed E-state index contributed by atoms with van der Waals surface area (Å²) in [6, 6.07) is 3.90. The molecule has 0 saturated carbocycles. The molecule has 0 bridgehead atoms. The predicted octanol–water partition coefficient (Wildman–Crippen LogP) is 2.65. The molecule has 1 aliphatic heterocycles. The van der Waals surface area contributed by atoms with Crippen LogP contribution < -0.4 is 0 Å². The van der Waals surface area contributed by atoms with Crippen LogP contribution in [0.1, 0.15) is 43.6 Å². The first-order valence-corrected chi connectivity index (χ1v) is 7.12. The van der Waals surface area contributed by atoms with Crippen LogP contribution in [0.4, 0.5) is 4.39 Å². The summed E-state index contributed by atoms with van der Waals surface area (Å²) in [5.41, 5.74) is 0.149. The van der Waals surface area contributed by atoms with Gasteiger partial charge in [0.25, 0.3) is 0 Å². The number of benzene rings is 1. The van der Waals surface area contributed by atoms with Crippen molar-refractivity contribution in [2.24, 2.45) is 0 Å². The average molecular weight is 306 g/mol. The van der Waals surface area contributed by atoms with Crippen LogP contribution in [-0.4, -0.2) is 36.3 Å². The topological polar surface area (TPSA) is 55.8 Å². The number of aliphatic hydroxyl groups excluding tert-OH is 1. The van der Waals surface area contributed by atoms with Crippen molar-refractivity contribution in [1.82, 2.24) is 0 Å². The monoisotopic (exact) mass is 306 g/mol. The van der Waals surface area contributed by atoms with E-state index in [1.165, 1.54) is 12.1 Å². The van der Waals surface area contributed by atoms with Crippen LogP contribution in [0.3, 0.4) is 0 Å². The maximum atomic E-state index is 13.2. The van der Waals surface area contributed by atoms with E-state index < -0.39 is 24.1 Å². The van der Waals surface area contributed by atoms with Crippen LogP contribution in [0.5, 0.6) is 0 Å². The molecule has 0 spiro atoms. The first-order valence-electron chi connectivity index (χ1n) is 7.12. The fraction of sp³-hybridized carbons (Fsp3) is 0.438. The van der Waals surface area contributed by atoms with Gasteiger partial charge in [0.2, 0.25) is 0 Å². The molecule has 118 valence electrons. The van der Waals surface area contributed by atoms with Crippen LogP contribution in [0.25, 0.3) is 6.08 Å². The van der Waals surface area contributed by atoms with Gasteiger partial charge < -0.3 is 14.4 Å². The lowest BCUT2D eigenvalue weighted by Gasteiger charge is -2.32. The number of aliphatic hydroxyl groups is 1. The summed E-state index contributed by atoms with van der Waals surface area (Å²) < 4.78 is 24.9. The number of carbonyl (C=O) groups is 1. The Morgan fingerprint density at radius 3 is 2.32 bits per heavy atom. The van der Waals surface area contributed by atoms with Crippen molar-refractivity contribution in [2.75, 3.05) is 6.61 Å². The smallest absolute Gasteiger partial charge is 0.400 e. The zero-order valence-electron chi connectivity index (χ0n) is 13.2. The van der Waals surface area contributed by atoms with E-state index in [4.69, 9.17) is 9.31 Å². The highest BCUT2D eigenvalue weighted by molar-refractivity contribution is 6.55. The second kappa shape index (κ2) is 5.95. The summed E-state index contributed by atoms with van der Waals surface area (Å²) in [4.78, 5) is 11.1. The van der Waals surface area contributed by atoms with Crippen molar-refractivity contribution in [3.63, 3.8) is 0 Å². The summed E-state index contributed by atoms with van der Waals surface area (Å²) in [5.74, 6) is -0.486. The standard InChI is InChI=1S/C16H20BFO4/c1-15(2)16(3,4)22-17(21-15)13(10-20)7-11-5-6-14(18)8-12(11)9-19/h5-9,20H,10H2,1-4H3. The first kappa shape index (κ1) is 16.9. The van der Waals surface area contributed by atoms with Gasteiger partial charge in [-0.2, -0.15) is 0 Å². The highest BCUT2D eigenvalue weighted by atomic mass is 19.1. The van der Waals surface area contributed by atoms with Gasteiger partial charge in [0.1, 0.15) is 5.82 Å². The molecule has 1 fully saturated rings. The number of halogens is 1. The molecule has 2 rings (SSSR count). The molecule has 1 aromatic carbocycles. The quantitative estimate of drug-likeness (QED) is 0.686. The summed E-state index contributed by atoms with van der Waals surface area (Å²) in [6.45, 7) is 7.37. The number of carbonyl (C=O) groups excluding carboxylic acids is 1. The van der Waals surface area contributed by atoms with Crippen molar-refractivity contribution in [1.29, 1.82) is 0 Å². The predicted molar refractivity (Wildman–Crippen MR) is 82.9 cm³/mol. The van der Waals surface area contributed by atoms with Crippen LogP contribution in [0.2, 0.25) is 0 Å². The molecule has 0 atom stereocenters. The Bertz CT molecular complexity index is 594. The lowest BCUT2D eigenvalue weighted by Crippen LogP contribution is -2.41. The highest BCUT2D eigenvalue weighted by Crippen LogP contribution is 2.38. The number of aldehydes is 1. The third kappa shape index (κ3) is 3.14. The van der Waals surface area contributed by atoms with E-state index in [0.717, 1.165) is 6.07 Å². The molecule has 22 heavy (non-hydrogen) atoms. The lowest BCUT2D eigenvalue weighted by molar-refractivity contribution is 0.00578. The number of rotatable bonds is 4. The van der Waals surface area contributed by atoms with E-state index in [0.29, 0.717) is 17.3 Å². The SMILES string of the molecule is CC1(C)OB(C(=Cc2ccc(F)cc2C=O)CO)OC1(C)C. The average Bonchev–Trinajstić information content (AvgIpc) is 2.65. The Morgan fingerprint density at radius 1 is 1.23 bits per heavy atom. The van der Waals surface area contributed by atoms with Crippen LogP contribution in [-0.2, 0) is 9.31 Å². The van der Waals surface area contributed by atoms with Crippen molar-refractivity contribution in [3.05, 3.63) is 40.6 Å². The zero-order chi connectivity index (χ0) is 16.5. The Balaban J connectivity index is 2.36. The molecular formula is C16H20BFO4. The third-order valence-corrected chi connectivity index (χ3v) is 4.26. The molecule has 6 heteroatoms. The minimum Gasteiger partial charge on any atom is -0.400 e. The fourth-order valence-electron chi connectivity index (χ4n) is 2.16. The van der Waals surface area contributed by atoms with Gasteiger partial charge >= 0.3 is 7.12 Å². The van der Waals surface area contributed by atoms with Crippen LogP contribution in [0.15, 0.2) is 23.7 Å². The second-order valence-corrected chi connectivity index (χ2v) is 6.36. The van der Waals surface area contributed by atoms with Gasteiger partial charge in [-0.05, 0) is 50.9 Å². The molecule has 0 amide bonds. The van der Waals surface area contributed by atoms with Gasteiger partial charge in [0.05, 0.1) is 17.8 Å². The molecular weight excluding hydrogens is 286 g/mol. The molecule has 0 aromatic heterocycles. The molecule has 4 nitrogen and oxygen atoms in total. The molecule has 1 aromatic rings. The van der Waals surface area contributed by atoms with E-state index in [1.807, 2.05) is 27.7 Å². The number of hydrogen-bond acceptors (Lipinski definition) is 4. The molecule has 1 heterocycles. The van der Waals surface area contributed by atoms with Gasteiger partial charge in [-0.25, -0.2) is 4.39 Å². The molecule has 1 aliphatic rings. The van der Waals surface area contributed by atoms with E-state index in [9.17, 15) is 14.3 Å². The molecule has 0 radical (unpaired) electrons. The summed E-state index contributed by atoms with van der Waals surface area (Å²) >= 11 is 0. The maximum absolute atomic E-state index is 13.2. The molecule has 1 N–H and O–H groups in total. The largest absolute Gasteiger partial charge is 0.492 e. The highest BCUT2D eigenvalue weighted by Gasteiger charge is 2.52. The van der Waals surface area contributed by atoms with Gasteiger partial charge in [0.15, 0.2) is 6.29 Å². The Hall–Kier alpha value is -1.50. The normalized spacial score (nSPS) is 20.3. The Morgan fingerprint density at radius 2 is 1.82 bits per heavy atom. The maximum Gasteiger partial charge on any atom is 0.492 e. The van der Waals surface area contributed by atoms with Gasteiger partial charge in [-0.1, -0.05) is 12.1 Å². The molecule has 0 unspecified atom stereocenters. The summed E-state index contributed by atoms with van der Waals surface area (Å²) in [7, 11) is -0.709. The number of hydrogen-bond donors (Lipinski definition) is 1. The first-order chi connectivity index (χ1) is 10.2.